The molecule has 1 saturated carbocycles. The molecule has 3 heteroatoms. The van der Waals surface area contributed by atoms with E-state index in [-0.39, 0.29) is 0 Å². The van der Waals surface area contributed by atoms with Gasteiger partial charge in [-0.2, -0.15) is 0 Å². The Balaban J connectivity index is 1.33. The molecule has 24 heavy (non-hydrogen) atoms. The smallest absolute Gasteiger partial charge is 0.0565 e. The number of nitrogens with one attached hydrogen (secondary N) is 1. The first-order valence-corrected chi connectivity index (χ1v) is 9.85. The second-order valence-corrected chi connectivity index (χ2v) is 8.38. The van der Waals surface area contributed by atoms with Gasteiger partial charge in [-0.05, 0) is 56.9 Å². The molecule has 3 aliphatic rings. The number of likely N-dealkylation sites (tertiary alicyclic amines) is 1. The third-order valence-corrected chi connectivity index (χ3v) is 6.33. The van der Waals surface area contributed by atoms with Crippen molar-refractivity contribution in [1.29, 1.82) is 0 Å². The van der Waals surface area contributed by atoms with Crippen molar-refractivity contribution in [2.24, 2.45) is 11.8 Å². The van der Waals surface area contributed by atoms with E-state index in [1.165, 1.54) is 44.3 Å². The molecule has 132 valence electrons. The monoisotopic (exact) mass is 328 g/mol. The van der Waals surface area contributed by atoms with Crippen LogP contribution in [-0.2, 0) is 11.3 Å². The van der Waals surface area contributed by atoms with Gasteiger partial charge < -0.3 is 10.1 Å². The molecule has 3 nitrogen and oxygen atoms in total. The van der Waals surface area contributed by atoms with Crippen LogP contribution in [0.2, 0.25) is 0 Å². The summed E-state index contributed by atoms with van der Waals surface area (Å²) >= 11 is 0. The van der Waals surface area contributed by atoms with Gasteiger partial charge >= 0.3 is 0 Å². The Morgan fingerprint density at radius 2 is 1.79 bits per heavy atom. The first-order valence-electron chi connectivity index (χ1n) is 9.85. The zero-order valence-electron chi connectivity index (χ0n) is 15.2. The summed E-state index contributed by atoms with van der Waals surface area (Å²) in [5.41, 5.74) is 1.45. The van der Waals surface area contributed by atoms with E-state index in [9.17, 15) is 0 Å². The van der Waals surface area contributed by atoms with Crippen molar-refractivity contribution < 1.29 is 4.74 Å². The zero-order chi connectivity index (χ0) is 16.5. The first kappa shape index (κ1) is 16.6. The fourth-order valence-corrected chi connectivity index (χ4v) is 5.38. The molecule has 1 N–H and O–H groups in total. The molecule has 0 radical (unpaired) electrons. The number of hydrogen-bond acceptors (Lipinski definition) is 3. The van der Waals surface area contributed by atoms with Crippen LogP contribution < -0.4 is 5.32 Å². The Morgan fingerprint density at radius 3 is 2.54 bits per heavy atom. The van der Waals surface area contributed by atoms with Crippen LogP contribution >= 0.6 is 0 Å². The number of hydrogen-bond donors (Lipinski definition) is 1. The highest BCUT2D eigenvalue weighted by atomic mass is 16.5. The van der Waals surface area contributed by atoms with E-state index >= 15 is 0 Å². The summed E-state index contributed by atoms with van der Waals surface area (Å²) in [7, 11) is 0. The lowest BCUT2D eigenvalue weighted by molar-refractivity contribution is -0.0442. The van der Waals surface area contributed by atoms with E-state index < -0.39 is 0 Å². The molecular formula is C21H32N2O. The van der Waals surface area contributed by atoms with Crippen LogP contribution in [0.5, 0.6) is 0 Å². The second-order valence-electron chi connectivity index (χ2n) is 8.38. The van der Waals surface area contributed by atoms with Gasteiger partial charge in [-0.15, -0.1) is 0 Å². The summed E-state index contributed by atoms with van der Waals surface area (Å²) in [4.78, 5) is 2.67. The molecule has 4 rings (SSSR count). The van der Waals surface area contributed by atoms with Gasteiger partial charge in [0.15, 0.2) is 0 Å². The Hall–Kier alpha value is -0.900. The number of ether oxygens (including phenoxy) is 1. The van der Waals surface area contributed by atoms with Crippen molar-refractivity contribution in [1.82, 2.24) is 10.2 Å². The molecule has 1 aromatic rings. The van der Waals surface area contributed by atoms with Crippen LogP contribution in [0.25, 0.3) is 0 Å². The maximum atomic E-state index is 5.90. The highest BCUT2D eigenvalue weighted by Crippen LogP contribution is 2.39. The summed E-state index contributed by atoms with van der Waals surface area (Å²) in [6, 6.07) is 12.3. The van der Waals surface area contributed by atoms with Gasteiger partial charge in [0.2, 0.25) is 0 Å². The van der Waals surface area contributed by atoms with Crippen molar-refractivity contribution in [3.05, 3.63) is 35.9 Å². The molecule has 6 atom stereocenters. The zero-order valence-corrected chi connectivity index (χ0v) is 15.2. The predicted molar refractivity (Wildman–Crippen MR) is 97.9 cm³/mol. The molecular weight excluding hydrogens is 296 g/mol. The van der Waals surface area contributed by atoms with Crippen LogP contribution in [0.15, 0.2) is 30.3 Å². The molecule has 1 aromatic carbocycles. The molecule has 1 aliphatic carbocycles. The summed E-state index contributed by atoms with van der Waals surface area (Å²) in [5.74, 6) is 1.75. The van der Waals surface area contributed by atoms with Gasteiger partial charge in [-0.3, -0.25) is 4.90 Å². The molecule has 2 aliphatic heterocycles. The van der Waals surface area contributed by atoms with E-state index in [0.717, 1.165) is 24.4 Å². The summed E-state index contributed by atoms with van der Waals surface area (Å²) in [6.07, 6.45) is 5.93. The van der Waals surface area contributed by atoms with Gasteiger partial charge in [-0.25, -0.2) is 0 Å². The number of fused-ring (bicyclic) bond motifs is 1. The average Bonchev–Trinajstić information content (AvgIpc) is 3.09. The fraction of sp³-hybridized carbons (Fsp3) is 0.714. The van der Waals surface area contributed by atoms with Crippen molar-refractivity contribution in [3.63, 3.8) is 0 Å². The molecule has 0 amide bonds. The summed E-state index contributed by atoms with van der Waals surface area (Å²) in [6.45, 7) is 8.12. The Morgan fingerprint density at radius 1 is 1.04 bits per heavy atom. The second kappa shape index (κ2) is 7.15. The highest BCUT2D eigenvalue weighted by Gasteiger charge is 2.43. The lowest BCUT2D eigenvalue weighted by atomic mass is 9.94. The molecule has 0 bridgehead atoms. The Bertz CT molecular complexity index is 524. The minimum Gasteiger partial charge on any atom is -0.375 e. The van der Waals surface area contributed by atoms with Crippen molar-refractivity contribution in [3.8, 4) is 0 Å². The Labute approximate surface area is 146 Å². The molecule has 3 fully saturated rings. The standard InChI is InChI=1S/C21H32N2O/c1-15-10-19(11-16(2)24-15)22-21-9-8-18-13-23(14-20(18)21)12-17-6-4-3-5-7-17/h3-7,15-16,18-22H,8-14H2,1-2H3/t15-,16+,18-,19?,20-,21-/m1/s1. The maximum absolute atomic E-state index is 5.90. The molecule has 2 saturated heterocycles. The highest BCUT2D eigenvalue weighted by molar-refractivity contribution is 5.15. The molecule has 0 spiro atoms. The van der Waals surface area contributed by atoms with Gasteiger partial charge in [0.1, 0.15) is 0 Å². The topological polar surface area (TPSA) is 24.5 Å². The number of rotatable bonds is 4. The minimum absolute atomic E-state index is 0.404. The van der Waals surface area contributed by atoms with Crippen LogP contribution in [-0.4, -0.2) is 42.3 Å². The molecule has 1 unspecified atom stereocenters. The van der Waals surface area contributed by atoms with Crippen molar-refractivity contribution in [2.45, 2.75) is 70.4 Å². The predicted octanol–water partition coefficient (Wildman–Crippen LogP) is 3.44. The van der Waals surface area contributed by atoms with Crippen LogP contribution in [0, 0.1) is 11.8 Å². The third-order valence-electron chi connectivity index (χ3n) is 6.33. The van der Waals surface area contributed by atoms with E-state index in [2.05, 4.69) is 54.4 Å². The minimum atomic E-state index is 0.404. The van der Waals surface area contributed by atoms with Crippen LogP contribution in [0.3, 0.4) is 0 Å². The number of benzene rings is 1. The fourth-order valence-electron chi connectivity index (χ4n) is 5.38. The number of nitrogens with zero attached hydrogens (tertiary/aromatic N) is 1. The van der Waals surface area contributed by atoms with Gasteiger partial charge in [0.05, 0.1) is 12.2 Å². The third kappa shape index (κ3) is 3.68. The molecule has 2 heterocycles. The van der Waals surface area contributed by atoms with E-state index in [1.807, 2.05) is 0 Å². The maximum Gasteiger partial charge on any atom is 0.0565 e. The first-order chi connectivity index (χ1) is 11.7. The van der Waals surface area contributed by atoms with Crippen LogP contribution in [0.4, 0.5) is 0 Å². The summed E-state index contributed by atoms with van der Waals surface area (Å²) in [5, 5.41) is 4.03. The Kier molecular flexibility index (Phi) is 4.93. The van der Waals surface area contributed by atoms with Gasteiger partial charge in [-0.1, -0.05) is 30.3 Å². The van der Waals surface area contributed by atoms with Crippen LogP contribution in [0.1, 0.15) is 45.1 Å². The average molecular weight is 329 g/mol. The van der Waals surface area contributed by atoms with Gasteiger partial charge in [0.25, 0.3) is 0 Å². The van der Waals surface area contributed by atoms with Crippen molar-refractivity contribution in [2.75, 3.05) is 13.1 Å². The quantitative estimate of drug-likeness (QED) is 0.916. The lowest BCUT2D eigenvalue weighted by Gasteiger charge is -2.35. The summed E-state index contributed by atoms with van der Waals surface area (Å²) < 4.78 is 5.90. The van der Waals surface area contributed by atoms with E-state index in [0.29, 0.717) is 18.2 Å². The lowest BCUT2D eigenvalue weighted by Crippen LogP contribution is -2.47. The molecule has 0 aromatic heterocycles. The SMILES string of the molecule is C[C@@H]1CC(N[C@@H]2CC[C@@H]3CN(Cc4ccccc4)C[C@H]32)C[C@H](C)O1. The normalized spacial score (nSPS) is 39.9. The van der Waals surface area contributed by atoms with Crippen molar-refractivity contribution >= 4 is 0 Å². The van der Waals surface area contributed by atoms with E-state index in [1.54, 1.807) is 0 Å². The largest absolute Gasteiger partial charge is 0.375 e. The van der Waals surface area contributed by atoms with Gasteiger partial charge in [0, 0.05) is 31.7 Å². The van der Waals surface area contributed by atoms with E-state index in [4.69, 9.17) is 4.74 Å².